The number of rotatable bonds is 12. The van der Waals surface area contributed by atoms with Crippen molar-refractivity contribution in [2.45, 2.75) is 13.3 Å². The van der Waals surface area contributed by atoms with Gasteiger partial charge in [-0.3, -0.25) is 0 Å². The molecule has 7 heteroatoms. The molecule has 7 nitrogen and oxygen atoms in total. The lowest BCUT2D eigenvalue weighted by atomic mass is 10.1. The highest BCUT2D eigenvalue weighted by Crippen LogP contribution is 2.15. The van der Waals surface area contributed by atoms with Crippen molar-refractivity contribution in [3.05, 3.63) is 115 Å². The predicted molar refractivity (Wildman–Crippen MR) is 127 cm³/mol. The van der Waals surface area contributed by atoms with Crippen LogP contribution in [-0.4, -0.2) is 31.1 Å². The van der Waals surface area contributed by atoms with Crippen LogP contribution >= 0.6 is 0 Å². The average Bonchev–Trinajstić information content (AvgIpc) is 2.83. The van der Waals surface area contributed by atoms with E-state index >= 15 is 0 Å². The highest BCUT2D eigenvalue weighted by Gasteiger charge is 2.10. The maximum atomic E-state index is 12.3. The molecule has 0 aliphatic rings. The Bertz CT molecular complexity index is 1080. The summed E-state index contributed by atoms with van der Waals surface area (Å²) in [6, 6.07) is 13.3. The van der Waals surface area contributed by atoms with Gasteiger partial charge in [0.2, 0.25) is 0 Å². The molecule has 0 atom stereocenters. The third-order valence-corrected chi connectivity index (χ3v) is 4.25. The van der Waals surface area contributed by atoms with Gasteiger partial charge in [0.1, 0.15) is 17.3 Å². The minimum Gasteiger partial charge on any atom is -0.493 e. The summed E-state index contributed by atoms with van der Waals surface area (Å²) in [6.45, 7) is 13.1. The fourth-order valence-corrected chi connectivity index (χ4v) is 2.47. The van der Waals surface area contributed by atoms with Gasteiger partial charge in [0.05, 0.1) is 24.3 Å². The molecule has 0 spiro atoms. The van der Waals surface area contributed by atoms with Crippen molar-refractivity contribution < 1.29 is 33.3 Å². The van der Waals surface area contributed by atoms with Gasteiger partial charge in [0.15, 0.2) is 0 Å². The van der Waals surface area contributed by atoms with Crippen molar-refractivity contribution in [2.24, 2.45) is 0 Å². The van der Waals surface area contributed by atoms with E-state index < -0.39 is 17.9 Å². The van der Waals surface area contributed by atoms with E-state index in [1.807, 2.05) is 6.92 Å². The van der Waals surface area contributed by atoms with Crippen molar-refractivity contribution in [3.8, 4) is 5.75 Å². The SMILES string of the molecule is C=CC(=O)OCCCOc1ccc(C(=O)OC(=C)/C=C\C(=C)OC(=O)c2ccc(C)cc2)cc1. The van der Waals surface area contributed by atoms with E-state index in [4.69, 9.17) is 18.9 Å². The monoisotopic (exact) mass is 462 g/mol. The van der Waals surface area contributed by atoms with Crippen LogP contribution in [0, 0.1) is 6.92 Å². The van der Waals surface area contributed by atoms with Crippen molar-refractivity contribution in [1.29, 1.82) is 0 Å². The standard InChI is InChI=1S/C27H26O7/c1-5-25(28)32-18-6-17-31-24-15-13-23(14-16-24)27(30)34-21(4)10-9-20(3)33-26(29)22-11-7-19(2)8-12-22/h5,7-16H,1,3-4,6,17-18H2,2H3/b10-9-. The number of hydrogen-bond donors (Lipinski definition) is 0. The maximum Gasteiger partial charge on any atom is 0.343 e. The first-order chi connectivity index (χ1) is 16.3. The first-order valence-corrected chi connectivity index (χ1v) is 10.4. The topological polar surface area (TPSA) is 88.1 Å². The van der Waals surface area contributed by atoms with Gasteiger partial charge in [-0.2, -0.15) is 0 Å². The molecule has 0 unspecified atom stereocenters. The smallest absolute Gasteiger partial charge is 0.343 e. The number of hydrogen-bond acceptors (Lipinski definition) is 7. The third-order valence-electron chi connectivity index (χ3n) is 4.25. The first kappa shape index (κ1) is 25.9. The second-order valence-electron chi connectivity index (χ2n) is 7.01. The molecule has 0 fully saturated rings. The van der Waals surface area contributed by atoms with Gasteiger partial charge < -0.3 is 18.9 Å². The van der Waals surface area contributed by atoms with Crippen LogP contribution in [-0.2, 0) is 19.0 Å². The molecule has 0 amide bonds. The van der Waals surface area contributed by atoms with E-state index in [1.165, 1.54) is 12.2 Å². The van der Waals surface area contributed by atoms with Gasteiger partial charge >= 0.3 is 17.9 Å². The number of carbonyl (C=O) groups is 3. The number of carbonyl (C=O) groups excluding carboxylic acids is 3. The molecule has 0 radical (unpaired) electrons. The molecule has 34 heavy (non-hydrogen) atoms. The molecule has 2 aromatic carbocycles. The van der Waals surface area contributed by atoms with Gasteiger partial charge in [0.25, 0.3) is 0 Å². The molecule has 0 saturated heterocycles. The summed E-state index contributed by atoms with van der Waals surface area (Å²) >= 11 is 0. The number of esters is 3. The van der Waals surface area contributed by atoms with E-state index in [1.54, 1.807) is 48.5 Å². The summed E-state index contributed by atoms with van der Waals surface area (Å²) < 4.78 is 20.7. The fraction of sp³-hybridized carbons (Fsp3) is 0.148. The van der Waals surface area contributed by atoms with Crippen molar-refractivity contribution in [3.63, 3.8) is 0 Å². The van der Waals surface area contributed by atoms with Gasteiger partial charge in [-0.05, 0) is 55.5 Å². The summed E-state index contributed by atoms with van der Waals surface area (Å²) in [5.41, 5.74) is 1.72. The average molecular weight is 462 g/mol. The van der Waals surface area contributed by atoms with Gasteiger partial charge in [0, 0.05) is 12.5 Å². The molecular formula is C27H26O7. The summed E-state index contributed by atoms with van der Waals surface area (Å²) in [5.74, 6) is -0.962. The zero-order valence-electron chi connectivity index (χ0n) is 19.0. The van der Waals surface area contributed by atoms with Crippen LogP contribution in [0.1, 0.15) is 32.7 Å². The van der Waals surface area contributed by atoms with Crippen LogP contribution in [0.15, 0.2) is 98.0 Å². The quantitative estimate of drug-likeness (QED) is 0.108. The van der Waals surface area contributed by atoms with Crippen LogP contribution in [0.25, 0.3) is 0 Å². The predicted octanol–water partition coefficient (Wildman–Crippen LogP) is 5.09. The minimum atomic E-state index is -0.611. The molecular weight excluding hydrogens is 436 g/mol. The van der Waals surface area contributed by atoms with E-state index in [-0.39, 0.29) is 18.1 Å². The Hall–Kier alpha value is -4.39. The first-order valence-electron chi connectivity index (χ1n) is 10.4. The third kappa shape index (κ3) is 9.00. The van der Waals surface area contributed by atoms with E-state index in [9.17, 15) is 14.4 Å². The number of aryl methyl sites for hydroxylation is 1. The van der Waals surface area contributed by atoms with Crippen LogP contribution in [0.4, 0.5) is 0 Å². The van der Waals surface area contributed by atoms with Crippen LogP contribution in [0.2, 0.25) is 0 Å². The summed E-state index contributed by atoms with van der Waals surface area (Å²) in [5, 5.41) is 0. The minimum absolute atomic E-state index is 0.0481. The van der Waals surface area contributed by atoms with E-state index in [0.29, 0.717) is 29.9 Å². The normalized spacial score (nSPS) is 10.3. The summed E-state index contributed by atoms with van der Waals surface area (Å²) in [6.07, 6.45) is 4.37. The highest BCUT2D eigenvalue weighted by molar-refractivity contribution is 5.91. The fourth-order valence-electron chi connectivity index (χ4n) is 2.47. The number of allylic oxidation sites excluding steroid dienone is 2. The molecule has 176 valence electrons. The van der Waals surface area contributed by atoms with Crippen LogP contribution in [0.3, 0.4) is 0 Å². The second kappa shape index (κ2) is 13.2. The highest BCUT2D eigenvalue weighted by atomic mass is 16.5. The number of ether oxygens (including phenoxy) is 4. The molecule has 0 aliphatic heterocycles. The Morgan fingerprint density at radius 3 is 1.79 bits per heavy atom. The lowest BCUT2D eigenvalue weighted by molar-refractivity contribution is -0.137. The van der Waals surface area contributed by atoms with Crippen molar-refractivity contribution in [2.75, 3.05) is 13.2 Å². The Kier molecular flexibility index (Phi) is 10.1. The summed E-state index contributed by atoms with van der Waals surface area (Å²) in [7, 11) is 0. The molecule has 0 heterocycles. The molecule has 0 aliphatic carbocycles. The Morgan fingerprint density at radius 2 is 1.29 bits per heavy atom. The zero-order chi connectivity index (χ0) is 24.9. The molecule has 0 N–H and O–H groups in total. The molecule has 0 aromatic heterocycles. The lowest BCUT2D eigenvalue weighted by Gasteiger charge is -2.08. The van der Waals surface area contributed by atoms with E-state index in [0.717, 1.165) is 11.6 Å². The Balaban J connectivity index is 1.76. The number of benzene rings is 2. The van der Waals surface area contributed by atoms with Crippen LogP contribution in [0.5, 0.6) is 5.75 Å². The second-order valence-corrected chi connectivity index (χ2v) is 7.01. The molecule has 2 aromatic rings. The largest absolute Gasteiger partial charge is 0.493 e. The zero-order valence-corrected chi connectivity index (χ0v) is 19.0. The van der Waals surface area contributed by atoms with E-state index in [2.05, 4.69) is 19.7 Å². The van der Waals surface area contributed by atoms with Gasteiger partial charge in [-0.1, -0.05) is 37.4 Å². The summed E-state index contributed by atoms with van der Waals surface area (Å²) in [4.78, 5) is 35.3. The molecule has 0 saturated carbocycles. The lowest BCUT2D eigenvalue weighted by Crippen LogP contribution is -2.07. The molecule has 2 rings (SSSR count). The van der Waals surface area contributed by atoms with Crippen molar-refractivity contribution in [1.82, 2.24) is 0 Å². The van der Waals surface area contributed by atoms with Gasteiger partial charge in [-0.15, -0.1) is 0 Å². The molecule has 0 bridgehead atoms. The van der Waals surface area contributed by atoms with Crippen LogP contribution < -0.4 is 4.74 Å². The Labute approximate surface area is 198 Å². The van der Waals surface area contributed by atoms with Crippen molar-refractivity contribution >= 4 is 17.9 Å². The van der Waals surface area contributed by atoms with Gasteiger partial charge in [-0.25, -0.2) is 14.4 Å². The Morgan fingerprint density at radius 1 is 0.794 bits per heavy atom. The maximum absolute atomic E-state index is 12.3.